The highest BCUT2D eigenvalue weighted by Gasteiger charge is 2.28. The lowest BCUT2D eigenvalue weighted by molar-refractivity contribution is 0.104. The van der Waals surface area contributed by atoms with Gasteiger partial charge in [-0.15, -0.1) is 0 Å². The molecule has 0 fully saturated rings. The Balaban J connectivity index is 1.79. The van der Waals surface area contributed by atoms with Crippen LogP contribution >= 0.6 is 0 Å². The van der Waals surface area contributed by atoms with Crippen molar-refractivity contribution >= 4 is 27.2 Å². The first-order valence-corrected chi connectivity index (χ1v) is 12.6. The fraction of sp³-hybridized carbons (Fsp3) is 0.400. The van der Waals surface area contributed by atoms with Crippen LogP contribution in [0.3, 0.4) is 0 Å². The molecule has 0 saturated carbocycles. The molecule has 0 bridgehead atoms. The van der Waals surface area contributed by atoms with Gasteiger partial charge in [-0.3, -0.25) is 9.52 Å². The molecule has 32 heavy (non-hydrogen) atoms. The van der Waals surface area contributed by atoms with E-state index in [0.717, 1.165) is 41.8 Å². The number of unbranched alkanes of at least 4 members (excludes halogenated alkanes) is 2. The SMILES string of the molecule is CCCCCS(=O)(=O)Nc1ccc(C(=O)C=C2NC(C)(C)Cc3ccc(OC)cc32)cc1. The molecule has 2 aromatic rings. The zero-order valence-electron chi connectivity index (χ0n) is 19.2. The standard InChI is InChI=1S/C25H32N2O4S/c1-5-6-7-14-32(29,30)27-20-11-8-18(9-12-20)24(28)16-23-22-15-21(31-4)13-10-19(22)17-25(2,3)26-23/h8-13,15-16,26-27H,5-7,14,17H2,1-4H3. The number of fused-ring (bicyclic) bond motifs is 1. The molecule has 6 nitrogen and oxygen atoms in total. The van der Waals surface area contributed by atoms with Crippen LogP contribution in [0.2, 0.25) is 0 Å². The number of allylic oxidation sites excluding steroid dienone is 1. The van der Waals surface area contributed by atoms with Crippen LogP contribution in [-0.2, 0) is 16.4 Å². The Morgan fingerprint density at radius 2 is 1.88 bits per heavy atom. The van der Waals surface area contributed by atoms with Crippen molar-refractivity contribution in [3.05, 3.63) is 65.2 Å². The molecule has 1 aliphatic rings. The summed E-state index contributed by atoms with van der Waals surface area (Å²) >= 11 is 0. The van der Waals surface area contributed by atoms with Crippen LogP contribution in [0, 0.1) is 0 Å². The summed E-state index contributed by atoms with van der Waals surface area (Å²) in [4.78, 5) is 13.0. The zero-order chi connectivity index (χ0) is 23.4. The van der Waals surface area contributed by atoms with Crippen molar-refractivity contribution in [1.82, 2.24) is 5.32 Å². The number of carbonyl (C=O) groups is 1. The molecule has 3 rings (SSSR count). The quantitative estimate of drug-likeness (QED) is 0.322. The number of nitrogens with one attached hydrogen (secondary N) is 2. The number of ketones is 1. The Labute approximate surface area is 191 Å². The molecule has 1 aliphatic heterocycles. The van der Waals surface area contributed by atoms with Crippen molar-refractivity contribution in [2.45, 2.75) is 52.0 Å². The lowest BCUT2D eigenvalue weighted by atomic mass is 9.85. The Hall–Kier alpha value is -2.80. The predicted molar refractivity (Wildman–Crippen MR) is 130 cm³/mol. The van der Waals surface area contributed by atoms with E-state index in [0.29, 0.717) is 17.7 Å². The van der Waals surface area contributed by atoms with E-state index in [2.05, 4.69) is 23.9 Å². The van der Waals surface area contributed by atoms with E-state index >= 15 is 0 Å². The minimum Gasteiger partial charge on any atom is -0.497 e. The maximum Gasteiger partial charge on any atom is 0.232 e. The maximum absolute atomic E-state index is 13.0. The van der Waals surface area contributed by atoms with E-state index < -0.39 is 10.0 Å². The highest BCUT2D eigenvalue weighted by atomic mass is 32.2. The molecule has 172 valence electrons. The maximum atomic E-state index is 13.0. The number of sulfonamides is 1. The summed E-state index contributed by atoms with van der Waals surface area (Å²) in [5.41, 5.74) is 3.61. The summed E-state index contributed by atoms with van der Waals surface area (Å²) in [6.45, 7) is 6.23. The van der Waals surface area contributed by atoms with E-state index in [4.69, 9.17) is 4.74 Å². The fourth-order valence-corrected chi connectivity index (χ4v) is 5.02. The summed E-state index contributed by atoms with van der Waals surface area (Å²) < 4.78 is 32.3. The van der Waals surface area contributed by atoms with Gasteiger partial charge in [-0.25, -0.2) is 8.42 Å². The first-order chi connectivity index (χ1) is 15.1. The molecular formula is C25H32N2O4S. The smallest absolute Gasteiger partial charge is 0.232 e. The molecular weight excluding hydrogens is 424 g/mol. The van der Waals surface area contributed by atoms with Crippen molar-refractivity contribution in [3.63, 3.8) is 0 Å². The first-order valence-electron chi connectivity index (χ1n) is 10.9. The van der Waals surface area contributed by atoms with Crippen LogP contribution in [0.1, 0.15) is 61.5 Å². The highest BCUT2D eigenvalue weighted by Crippen LogP contribution is 2.32. The van der Waals surface area contributed by atoms with E-state index in [1.54, 1.807) is 37.5 Å². The minimum atomic E-state index is -3.38. The Morgan fingerprint density at radius 3 is 2.53 bits per heavy atom. The van der Waals surface area contributed by atoms with Gasteiger partial charge in [0.1, 0.15) is 5.75 Å². The van der Waals surface area contributed by atoms with Crippen LogP contribution < -0.4 is 14.8 Å². The molecule has 1 heterocycles. The molecule has 2 N–H and O–H groups in total. The number of carbonyl (C=O) groups excluding carboxylic acids is 1. The number of hydrogen-bond donors (Lipinski definition) is 2. The second-order valence-electron chi connectivity index (χ2n) is 8.84. The fourth-order valence-electron chi connectivity index (χ4n) is 3.84. The van der Waals surface area contributed by atoms with Crippen molar-refractivity contribution in [2.24, 2.45) is 0 Å². The van der Waals surface area contributed by atoms with Crippen molar-refractivity contribution in [1.29, 1.82) is 0 Å². The van der Waals surface area contributed by atoms with Crippen LogP contribution in [-0.4, -0.2) is 32.6 Å². The third-order valence-corrected chi connectivity index (χ3v) is 6.82. The summed E-state index contributed by atoms with van der Waals surface area (Å²) in [5.74, 6) is 0.674. The van der Waals surface area contributed by atoms with Gasteiger partial charge in [-0.1, -0.05) is 25.8 Å². The first kappa shape index (κ1) is 23.9. The van der Waals surface area contributed by atoms with Crippen molar-refractivity contribution in [2.75, 3.05) is 17.6 Å². The lowest BCUT2D eigenvalue weighted by Gasteiger charge is -2.35. The van der Waals surface area contributed by atoms with Crippen LogP contribution in [0.4, 0.5) is 5.69 Å². The Bertz CT molecular complexity index is 1100. The summed E-state index contributed by atoms with van der Waals surface area (Å²) in [5, 5.41) is 3.46. The number of methoxy groups -OCH3 is 1. The normalized spacial score (nSPS) is 16.2. The zero-order valence-corrected chi connectivity index (χ0v) is 20.0. The molecule has 2 aromatic carbocycles. The number of benzene rings is 2. The largest absolute Gasteiger partial charge is 0.497 e. The van der Waals surface area contributed by atoms with Gasteiger partial charge >= 0.3 is 0 Å². The second-order valence-corrected chi connectivity index (χ2v) is 10.7. The number of anilines is 1. The topological polar surface area (TPSA) is 84.5 Å². The summed E-state index contributed by atoms with van der Waals surface area (Å²) in [7, 11) is -1.76. The Morgan fingerprint density at radius 1 is 1.16 bits per heavy atom. The van der Waals surface area contributed by atoms with Crippen LogP contribution in [0.25, 0.3) is 5.70 Å². The number of ether oxygens (including phenoxy) is 1. The number of rotatable bonds is 9. The summed E-state index contributed by atoms with van der Waals surface area (Å²) in [6.07, 6.45) is 4.91. The molecule has 0 aliphatic carbocycles. The number of hydrogen-bond acceptors (Lipinski definition) is 5. The van der Waals surface area contributed by atoms with E-state index in [9.17, 15) is 13.2 Å². The van der Waals surface area contributed by atoms with Crippen molar-refractivity contribution < 1.29 is 17.9 Å². The third-order valence-electron chi connectivity index (χ3n) is 5.45. The van der Waals surface area contributed by atoms with Gasteiger partial charge in [0.15, 0.2) is 5.78 Å². The van der Waals surface area contributed by atoms with Gasteiger partial charge < -0.3 is 10.1 Å². The molecule has 0 radical (unpaired) electrons. The molecule has 0 saturated heterocycles. The van der Waals surface area contributed by atoms with E-state index in [1.165, 1.54) is 0 Å². The van der Waals surface area contributed by atoms with Gasteiger partial charge in [0.25, 0.3) is 0 Å². The molecule has 7 heteroatoms. The van der Waals surface area contributed by atoms with Gasteiger partial charge in [0.05, 0.1) is 12.9 Å². The second kappa shape index (κ2) is 9.77. The lowest BCUT2D eigenvalue weighted by Crippen LogP contribution is -2.43. The molecule has 0 spiro atoms. The average molecular weight is 457 g/mol. The van der Waals surface area contributed by atoms with Gasteiger partial charge in [0.2, 0.25) is 10.0 Å². The summed E-state index contributed by atoms with van der Waals surface area (Å²) in [6, 6.07) is 12.4. The molecule has 0 atom stereocenters. The third kappa shape index (κ3) is 6.13. The van der Waals surface area contributed by atoms with Crippen LogP contribution in [0.5, 0.6) is 5.75 Å². The van der Waals surface area contributed by atoms with Crippen LogP contribution in [0.15, 0.2) is 48.5 Å². The van der Waals surface area contributed by atoms with Gasteiger partial charge in [-0.05, 0) is 68.7 Å². The van der Waals surface area contributed by atoms with Gasteiger partial charge in [-0.2, -0.15) is 0 Å². The highest BCUT2D eigenvalue weighted by molar-refractivity contribution is 7.92. The van der Waals surface area contributed by atoms with E-state index in [1.807, 2.05) is 25.1 Å². The minimum absolute atomic E-state index is 0.0952. The van der Waals surface area contributed by atoms with Crippen molar-refractivity contribution in [3.8, 4) is 5.75 Å². The molecule has 0 unspecified atom stereocenters. The average Bonchev–Trinajstić information content (AvgIpc) is 2.73. The van der Waals surface area contributed by atoms with E-state index in [-0.39, 0.29) is 17.1 Å². The monoisotopic (exact) mass is 456 g/mol. The predicted octanol–water partition coefficient (Wildman–Crippen LogP) is 4.78. The Kier molecular flexibility index (Phi) is 7.29. The van der Waals surface area contributed by atoms with Gasteiger partial charge in [0, 0.05) is 34.1 Å². The molecule has 0 aromatic heterocycles. The molecule has 0 amide bonds.